The van der Waals surface area contributed by atoms with Crippen molar-refractivity contribution >= 4 is 18.1 Å². The van der Waals surface area contributed by atoms with Crippen LogP contribution in [0.25, 0.3) is 0 Å². The molecule has 0 radical (unpaired) electrons. The number of hydrogen-bond acceptors (Lipinski definition) is 9. The van der Waals surface area contributed by atoms with Crippen molar-refractivity contribution in [3.05, 3.63) is 0 Å². The molecule has 0 aromatic heterocycles. The van der Waals surface area contributed by atoms with E-state index in [1.165, 1.54) is 0 Å². The molecule has 4 atom stereocenters. The van der Waals surface area contributed by atoms with Crippen LogP contribution in [0.3, 0.4) is 0 Å². The van der Waals surface area contributed by atoms with Gasteiger partial charge in [-0.15, -0.1) is 0 Å². The first-order chi connectivity index (χ1) is 17.9. The fourth-order valence-electron chi connectivity index (χ4n) is 7.38. The van der Waals surface area contributed by atoms with E-state index in [1.54, 1.807) is 34.6 Å². The number of carbonyl (C=O) groups excluding carboxylic acids is 3. The van der Waals surface area contributed by atoms with Crippen molar-refractivity contribution in [3.63, 3.8) is 0 Å². The second-order valence-electron chi connectivity index (χ2n) is 13.7. The first kappa shape index (κ1) is 30.0. The van der Waals surface area contributed by atoms with Crippen LogP contribution in [0.15, 0.2) is 0 Å². The lowest BCUT2D eigenvalue weighted by atomic mass is 9.48. The minimum absolute atomic E-state index is 0.0491. The van der Waals surface area contributed by atoms with E-state index < -0.39 is 52.7 Å². The lowest BCUT2D eigenvalue weighted by Crippen LogP contribution is -2.59. The second-order valence-corrected chi connectivity index (χ2v) is 13.7. The number of ether oxygens (including phenoxy) is 6. The zero-order valence-electron chi connectivity index (χ0n) is 23.8. The van der Waals surface area contributed by atoms with Gasteiger partial charge in [0.15, 0.2) is 5.79 Å². The average molecular weight is 561 g/mol. The van der Waals surface area contributed by atoms with Gasteiger partial charge in [0.1, 0.15) is 17.8 Å². The van der Waals surface area contributed by atoms with Crippen molar-refractivity contribution < 1.29 is 51.6 Å². The van der Waals surface area contributed by atoms with Crippen LogP contribution in [0.1, 0.15) is 92.9 Å². The van der Waals surface area contributed by atoms with Crippen molar-refractivity contribution in [3.8, 4) is 0 Å². The zero-order valence-corrected chi connectivity index (χ0v) is 23.8. The molecule has 222 valence electrons. The van der Waals surface area contributed by atoms with Gasteiger partial charge in [0.2, 0.25) is 0 Å². The van der Waals surface area contributed by atoms with Crippen molar-refractivity contribution in [1.82, 2.24) is 0 Å². The summed E-state index contributed by atoms with van der Waals surface area (Å²) in [7, 11) is 0. The van der Waals surface area contributed by atoms with Crippen molar-refractivity contribution in [2.75, 3.05) is 13.2 Å². The Hall–Kier alpha value is -2.01. The smallest absolute Gasteiger partial charge is 0.461 e. The van der Waals surface area contributed by atoms with E-state index in [4.69, 9.17) is 28.4 Å². The van der Waals surface area contributed by atoms with Crippen molar-refractivity contribution in [1.29, 1.82) is 0 Å². The fraction of sp³-hybridized carbons (Fsp3) is 0.893. The summed E-state index contributed by atoms with van der Waals surface area (Å²) in [5.41, 5.74) is -1.85. The summed E-state index contributed by atoms with van der Waals surface area (Å²) in [5, 5.41) is 0. The van der Waals surface area contributed by atoms with Gasteiger partial charge in [-0.25, -0.2) is 9.59 Å². The van der Waals surface area contributed by atoms with Gasteiger partial charge >= 0.3 is 24.0 Å². The van der Waals surface area contributed by atoms with Crippen LogP contribution in [0, 0.1) is 17.3 Å². The predicted molar refractivity (Wildman–Crippen MR) is 133 cm³/mol. The minimum atomic E-state index is -3.55. The van der Waals surface area contributed by atoms with E-state index >= 15 is 0 Å². The average Bonchev–Trinajstić information content (AvgIpc) is 2.71. The molecule has 1 saturated heterocycles. The van der Waals surface area contributed by atoms with Crippen molar-refractivity contribution in [2.24, 2.45) is 17.3 Å². The Bertz CT molecular complexity index is 938. The van der Waals surface area contributed by atoms with Crippen LogP contribution in [-0.4, -0.2) is 66.4 Å². The summed E-state index contributed by atoms with van der Waals surface area (Å²) in [4.78, 5) is 36.9. The molecule has 0 aromatic carbocycles. The normalized spacial score (nSPS) is 35.3. The SMILES string of the molecule is CC(C)(C)OC(=O)CC1CC(COC(=O)OC23CC4CC(CC(COC(=O)C(C)(F)F)(C4)C2)C3)OC(C)(C)O1. The number of esters is 2. The Morgan fingerprint density at radius 1 is 0.897 bits per heavy atom. The van der Waals surface area contributed by atoms with E-state index in [2.05, 4.69) is 0 Å². The maximum atomic E-state index is 13.4. The monoisotopic (exact) mass is 560 g/mol. The van der Waals surface area contributed by atoms with Gasteiger partial charge in [-0.3, -0.25) is 4.79 Å². The number of rotatable bonds is 8. The summed E-state index contributed by atoms with van der Waals surface area (Å²) in [6, 6.07) is 0. The van der Waals surface area contributed by atoms with Gasteiger partial charge in [-0.2, -0.15) is 8.78 Å². The molecule has 4 aliphatic carbocycles. The molecular weight excluding hydrogens is 518 g/mol. The first-order valence-electron chi connectivity index (χ1n) is 13.8. The third kappa shape index (κ3) is 7.80. The summed E-state index contributed by atoms with van der Waals surface area (Å²) < 4.78 is 60.4. The molecule has 5 aliphatic rings. The second kappa shape index (κ2) is 10.4. The van der Waals surface area contributed by atoms with E-state index in [0.29, 0.717) is 32.6 Å². The first-order valence-corrected chi connectivity index (χ1v) is 13.8. The summed E-state index contributed by atoms with van der Waals surface area (Å²) in [5.74, 6) is -5.90. The predicted octanol–water partition coefficient (Wildman–Crippen LogP) is 5.32. The highest BCUT2D eigenvalue weighted by molar-refractivity contribution is 5.76. The van der Waals surface area contributed by atoms with Crippen LogP contribution in [0.4, 0.5) is 13.6 Å². The Morgan fingerprint density at radius 2 is 1.51 bits per heavy atom. The van der Waals surface area contributed by atoms with Crippen LogP contribution in [0.2, 0.25) is 0 Å². The molecule has 0 N–H and O–H groups in total. The molecule has 1 aliphatic heterocycles. The standard InChI is InChI=1S/C28H42F2O9/c1-24(2,3)38-21(31)9-19-8-20(37-25(4,5)36-19)14-34-23(33)39-28-12-17-7-18(13-28)11-27(10-17,15-28)16-35-22(32)26(6,29)30/h17-20H,7-16H2,1-6H3. The molecule has 1 heterocycles. The summed E-state index contributed by atoms with van der Waals surface area (Å²) >= 11 is 0. The molecular formula is C28H42F2O9. The third-order valence-electron chi connectivity index (χ3n) is 7.92. The Labute approximate surface area is 228 Å². The molecule has 5 fully saturated rings. The highest BCUT2D eigenvalue weighted by atomic mass is 19.3. The molecule has 4 bridgehead atoms. The zero-order chi connectivity index (χ0) is 28.9. The van der Waals surface area contributed by atoms with E-state index in [9.17, 15) is 23.2 Å². The lowest BCUT2D eigenvalue weighted by molar-refractivity contribution is -0.305. The van der Waals surface area contributed by atoms with Crippen LogP contribution in [-0.2, 0) is 38.0 Å². The quantitative estimate of drug-likeness (QED) is 0.288. The van der Waals surface area contributed by atoms with Gasteiger partial charge in [-0.1, -0.05) is 0 Å². The minimum Gasteiger partial charge on any atom is -0.461 e. The van der Waals surface area contributed by atoms with Gasteiger partial charge in [0.05, 0.1) is 25.2 Å². The summed E-state index contributed by atoms with van der Waals surface area (Å²) in [6.07, 6.45) is 2.91. The van der Waals surface area contributed by atoms with Crippen molar-refractivity contribution in [2.45, 2.75) is 128 Å². The Morgan fingerprint density at radius 3 is 2.10 bits per heavy atom. The van der Waals surface area contributed by atoms with Crippen LogP contribution < -0.4 is 0 Å². The third-order valence-corrected chi connectivity index (χ3v) is 7.92. The molecule has 39 heavy (non-hydrogen) atoms. The molecule has 0 spiro atoms. The molecule has 11 heteroatoms. The highest BCUT2D eigenvalue weighted by Crippen LogP contribution is 2.63. The molecule has 0 amide bonds. The molecule has 0 aromatic rings. The van der Waals surface area contributed by atoms with Gasteiger partial charge < -0.3 is 28.4 Å². The van der Waals surface area contributed by atoms with Gasteiger partial charge in [0, 0.05) is 18.8 Å². The number of carbonyl (C=O) groups is 3. The Balaban J connectivity index is 1.32. The Kier molecular flexibility index (Phi) is 8.01. The van der Waals surface area contributed by atoms with Crippen LogP contribution in [0.5, 0.6) is 0 Å². The highest BCUT2D eigenvalue weighted by Gasteiger charge is 2.60. The topological polar surface area (TPSA) is 107 Å². The van der Waals surface area contributed by atoms with Gasteiger partial charge in [-0.05, 0) is 85.0 Å². The molecule has 5 rings (SSSR count). The number of hydrogen-bond donors (Lipinski definition) is 0. The largest absolute Gasteiger partial charge is 0.508 e. The molecule has 4 unspecified atom stereocenters. The van der Waals surface area contributed by atoms with E-state index in [-0.39, 0.29) is 37.4 Å². The molecule has 9 nitrogen and oxygen atoms in total. The lowest BCUT2D eigenvalue weighted by Gasteiger charge is -2.60. The van der Waals surface area contributed by atoms with Crippen LogP contribution >= 0.6 is 0 Å². The summed E-state index contributed by atoms with van der Waals surface area (Å²) in [6.45, 7) is 9.20. The number of alkyl halides is 2. The number of halogens is 2. The molecule has 4 saturated carbocycles. The van der Waals surface area contributed by atoms with E-state index in [0.717, 1.165) is 19.3 Å². The van der Waals surface area contributed by atoms with Gasteiger partial charge in [0.25, 0.3) is 0 Å². The van der Waals surface area contributed by atoms with E-state index in [1.807, 2.05) is 0 Å². The fourth-order valence-corrected chi connectivity index (χ4v) is 7.38. The maximum Gasteiger partial charge on any atom is 0.508 e. The maximum absolute atomic E-state index is 13.4.